The number of hydrogen-bond acceptors (Lipinski definition) is 5. The van der Waals surface area contributed by atoms with Crippen LogP contribution in [0.5, 0.6) is 0 Å². The average Bonchev–Trinajstić information content (AvgIpc) is 2.72. The summed E-state index contributed by atoms with van der Waals surface area (Å²) in [6, 6.07) is 1.59. The third kappa shape index (κ3) is 2.12. The van der Waals surface area contributed by atoms with E-state index in [-0.39, 0.29) is 0 Å². The second-order valence-electron chi connectivity index (χ2n) is 3.29. The molecule has 17 heavy (non-hydrogen) atoms. The highest BCUT2D eigenvalue weighted by Gasteiger charge is 2.15. The summed E-state index contributed by atoms with van der Waals surface area (Å²) in [7, 11) is 0. The SMILES string of the molecule is CCOC(=O)c1cncc2sc(C(N)=O)cc12. The first kappa shape index (κ1) is 11.5. The summed E-state index contributed by atoms with van der Waals surface area (Å²) < 4.78 is 5.66. The van der Waals surface area contributed by atoms with Crippen LogP contribution in [0.25, 0.3) is 10.1 Å². The third-order valence-corrected chi connectivity index (χ3v) is 3.27. The maximum absolute atomic E-state index is 11.7. The number of rotatable bonds is 3. The van der Waals surface area contributed by atoms with E-state index in [1.54, 1.807) is 19.2 Å². The van der Waals surface area contributed by atoms with Gasteiger partial charge in [0.25, 0.3) is 5.91 Å². The zero-order valence-corrected chi connectivity index (χ0v) is 9.91. The maximum Gasteiger partial charge on any atom is 0.340 e. The largest absolute Gasteiger partial charge is 0.462 e. The molecule has 1 amide bonds. The molecule has 2 N–H and O–H groups in total. The Morgan fingerprint density at radius 1 is 1.47 bits per heavy atom. The van der Waals surface area contributed by atoms with Gasteiger partial charge in [-0.25, -0.2) is 4.79 Å². The van der Waals surface area contributed by atoms with Crippen molar-refractivity contribution in [3.05, 3.63) is 28.9 Å². The Hall–Kier alpha value is -1.95. The number of ether oxygens (including phenoxy) is 1. The van der Waals surface area contributed by atoms with Crippen molar-refractivity contribution >= 4 is 33.3 Å². The molecule has 0 bridgehead atoms. The van der Waals surface area contributed by atoms with Crippen molar-refractivity contribution in [2.75, 3.05) is 6.61 Å². The number of aromatic nitrogens is 1. The minimum Gasteiger partial charge on any atom is -0.462 e. The summed E-state index contributed by atoms with van der Waals surface area (Å²) in [6.07, 6.45) is 3.02. The van der Waals surface area contributed by atoms with E-state index in [4.69, 9.17) is 10.5 Å². The van der Waals surface area contributed by atoms with Crippen LogP contribution in [0.2, 0.25) is 0 Å². The molecule has 0 aromatic carbocycles. The summed E-state index contributed by atoms with van der Waals surface area (Å²) in [5.41, 5.74) is 5.55. The predicted octanol–water partition coefficient (Wildman–Crippen LogP) is 1.57. The van der Waals surface area contributed by atoms with Crippen LogP contribution in [-0.2, 0) is 4.74 Å². The monoisotopic (exact) mass is 250 g/mol. The molecule has 5 nitrogen and oxygen atoms in total. The third-order valence-electron chi connectivity index (χ3n) is 2.18. The standard InChI is InChI=1S/C11H10N2O3S/c1-2-16-11(15)7-4-13-5-9-6(7)3-8(17-9)10(12)14/h3-5H,2H2,1H3,(H2,12,14). The van der Waals surface area contributed by atoms with Crippen molar-refractivity contribution < 1.29 is 14.3 Å². The fourth-order valence-electron chi connectivity index (χ4n) is 1.45. The van der Waals surface area contributed by atoms with E-state index in [1.165, 1.54) is 17.5 Å². The van der Waals surface area contributed by atoms with Gasteiger partial charge in [-0.15, -0.1) is 11.3 Å². The normalized spacial score (nSPS) is 10.4. The minimum absolute atomic E-state index is 0.294. The Morgan fingerprint density at radius 2 is 2.24 bits per heavy atom. The van der Waals surface area contributed by atoms with Crippen LogP contribution >= 0.6 is 11.3 Å². The number of nitrogens with zero attached hydrogens (tertiary/aromatic N) is 1. The van der Waals surface area contributed by atoms with Gasteiger partial charge >= 0.3 is 5.97 Å². The molecule has 0 unspecified atom stereocenters. The number of hydrogen-bond donors (Lipinski definition) is 1. The Bertz CT molecular complexity index is 591. The van der Waals surface area contributed by atoms with Crippen LogP contribution in [-0.4, -0.2) is 23.5 Å². The molecule has 2 rings (SSSR count). The quantitative estimate of drug-likeness (QED) is 0.838. The molecule has 0 aliphatic rings. The second kappa shape index (κ2) is 4.50. The first-order valence-corrected chi connectivity index (χ1v) is 5.79. The summed E-state index contributed by atoms with van der Waals surface area (Å²) in [4.78, 5) is 27.1. The van der Waals surface area contributed by atoms with Gasteiger partial charge in [0.1, 0.15) is 0 Å². The molecule has 0 spiro atoms. The average molecular weight is 250 g/mol. The van der Waals surface area contributed by atoms with Crippen LogP contribution < -0.4 is 5.73 Å². The summed E-state index contributed by atoms with van der Waals surface area (Å²) in [6.45, 7) is 2.02. The van der Waals surface area contributed by atoms with E-state index < -0.39 is 11.9 Å². The molecule has 0 aliphatic carbocycles. The molecule has 2 heterocycles. The number of pyridine rings is 1. The number of thiophene rings is 1. The van der Waals surface area contributed by atoms with Crippen LogP contribution in [0.4, 0.5) is 0 Å². The second-order valence-corrected chi connectivity index (χ2v) is 4.38. The van der Waals surface area contributed by atoms with Crippen molar-refractivity contribution in [1.82, 2.24) is 4.98 Å². The molecule has 0 atom stereocenters. The zero-order valence-electron chi connectivity index (χ0n) is 9.10. The van der Waals surface area contributed by atoms with Gasteiger partial charge in [-0.2, -0.15) is 0 Å². The van der Waals surface area contributed by atoms with Gasteiger partial charge in [0, 0.05) is 17.8 Å². The Balaban J connectivity index is 2.56. The number of amides is 1. The predicted molar refractivity (Wildman–Crippen MR) is 64.1 cm³/mol. The number of carbonyl (C=O) groups is 2. The van der Waals surface area contributed by atoms with Gasteiger partial charge in [-0.05, 0) is 13.0 Å². The minimum atomic E-state index is -0.513. The van der Waals surface area contributed by atoms with Gasteiger partial charge in [-0.3, -0.25) is 9.78 Å². The van der Waals surface area contributed by atoms with E-state index in [0.717, 1.165) is 4.70 Å². The number of nitrogens with two attached hydrogens (primary N) is 1. The highest BCUT2D eigenvalue weighted by molar-refractivity contribution is 7.20. The summed E-state index contributed by atoms with van der Waals surface area (Å²) >= 11 is 1.21. The van der Waals surface area contributed by atoms with Crippen LogP contribution in [0, 0.1) is 0 Å². The summed E-state index contributed by atoms with van der Waals surface area (Å²) in [5, 5.41) is 0.650. The van der Waals surface area contributed by atoms with E-state index in [1.807, 2.05) is 0 Å². The lowest BCUT2D eigenvalue weighted by Crippen LogP contribution is -2.08. The van der Waals surface area contributed by atoms with Gasteiger partial charge in [-0.1, -0.05) is 0 Å². The number of primary amides is 1. The van der Waals surface area contributed by atoms with Crippen molar-refractivity contribution in [2.45, 2.75) is 6.92 Å². The van der Waals surface area contributed by atoms with Gasteiger partial charge < -0.3 is 10.5 Å². The Morgan fingerprint density at radius 3 is 2.88 bits per heavy atom. The lowest BCUT2D eigenvalue weighted by Gasteiger charge is -2.01. The van der Waals surface area contributed by atoms with Gasteiger partial charge in [0.15, 0.2) is 0 Å². The number of fused-ring (bicyclic) bond motifs is 1. The van der Waals surface area contributed by atoms with E-state index in [9.17, 15) is 9.59 Å². The van der Waals surface area contributed by atoms with Gasteiger partial charge in [0.05, 0.1) is 21.7 Å². The molecule has 0 aliphatic heterocycles. The van der Waals surface area contributed by atoms with Crippen LogP contribution in [0.15, 0.2) is 18.5 Å². The van der Waals surface area contributed by atoms with E-state index in [2.05, 4.69) is 4.98 Å². The van der Waals surface area contributed by atoms with Gasteiger partial charge in [0.2, 0.25) is 0 Å². The van der Waals surface area contributed by atoms with E-state index in [0.29, 0.717) is 22.4 Å². The van der Waals surface area contributed by atoms with Crippen molar-refractivity contribution in [1.29, 1.82) is 0 Å². The number of esters is 1. The lowest BCUT2D eigenvalue weighted by molar-refractivity contribution is 0.0528. The first-order chi connectivity index (χ1) is 8.13. The molecule has 2 aromatic heterocycles. The first-order valence-electron chi connectivity index (χ1n) is 4.98. The molecule has 0 radical (unpaired) electrons. The molecule has 0 fully saturated rings. The molecule has 6 heteroatoms. The smallest absolute Gasteiger partial charge is 0.340 e. The highest BCUT2D eigenvalue weighted by atomic mass is 32.1. The zero-order chi connectivity index (χ0) is 12.4. The summed E-state index contributed by atoms with van der Waals surface area (Å²) in [5.74, 6) is -0.958. The lowest BCUT2D eigenvalue weighted by atomic mass is 10.2. The molecule has 0 saturated carbocycles. The van der Waals surface area contributed by atoms with Crippen molar-refractivity contribution in [2.24, 2.45) is 5.73 Å². The van der Waals surface area contributed by atoms with E-state index >= 15 is 0 Å². The molecule has 0 saturated heterocycles. The van der Waals surface area contributed by atoms with Crippen LogP contribution in [0.3, 0.4) is 0 Å². The molecular formula is C11H10N2O3S. The topological polar surface area (TPSA) is 82.3 Å². The maximum atomic E-state index is 11.7. The van der Waals surface area contributed by atoms with Crippen LogP contribution in [0.1, 0.15) is 27.0 Å². The van der Waals surface area contributed by atoms with Crippen molar-refractivity contribution in [3.8, 4) is 0 Å². The Kier molecular flexibility index (Phi) is 3.06. The van der Waals surface area contributed by atoms with Crippen molar-refractivity contribution in [3.63, 3.8) is 0 Å². The fourth-order valence-corrected chi connectivity index (χ4v) is 2.36. The molecular weight excluding hydrogens is 240 g/mol. The fraction of sp³-hybridized carbons (Fsp3) is 0.182. The highest BCUT2D eigenvalue weighted by Crippen LogP contribution is 2.27. The molecule has 2 aromatic rings. The molecule has 88 valence electrons. The number of carbonyl (C=O) groups excluding carboxylic acids is 2. The Labute approximate surface area is 101 Å².